The number of aromatic nitrogens is 2. The van der Waals surface area contributed by atoms with E-state index in [4.69, 9.17) is 0 Å². The van der Waals surface area contributed by atoms with Gasteiger partial charge in [0, 0.05) is 34.5 Å². The van der Waals surface area contributed by atoms with E-state index in [0.29, 0.717) is 11.0 Å². The van der Waals surface area contributed by atoms with Gasteiger partial charge in [-0.05, 0) is 51.8 Å². The number of anilines is 1. The number of nitrogens with one attached hydrogen (secondary N) is 2. The fourth-order valence-corrected chi connectivity index (χ4v) is 2.47. The lowest BCUT2D eigenvalue weighted by atomic mass is 10.2. The minimum atomic E-state index is -0.256. The second-order valence-corrected chi connectivity index (χ2v) is 5.05. The number of hydrogen-bond donors (Lipinski definition) is 2. The highest BCUT2D eigenvalue weighted by molar-refractivity contribution is 9.10. The molecule has 3 nitrogen and oxygen atoms in total. The number of hydrogen-bond acceptors (Lipinski definition) is 2. The van der Waals surface area contributed by atoms with Crippen LogP contribution in [0.3, 0.4) is 0 Å². The Morgan fingerprint density at radius 1 is 1.32 bits per heavy atom. The normalized spacial score (nSPS) is 10.8. The van der Waals surface area contributed by atoms with Gasteiger partial charge in [-0.3, -0.25) is 0 Å². The predicted octanol–water partition coefficient (Wildman–Crippen LogP) is 4.08. The summed E-state index contributed by atoms with van der Waals surface area (Å²) in [7, 11) is 0. The van der Waals surface area contributed by atoms with Gasteiger partial charge in [0.2, 0.25) is 0 Å². The predicted molar refractivity (Wildman–Crippen MR) is 77.5 cm³/mol. The van der Waals surface area contributed by atoms with Crippen LogP contribution >= 0.6 is 15.9 Å². The standard InChI is InChI=1S/C14H11BrFN3/c15-12-6-10(16)3-4-13(12)18-7-9-8-19-14-11(9)2-1-5-17-14/h1-6,8,18H,7H2,(H,17,19). The molecule has 3 rings (SSSR count). The maximum atomic E-state index is 13.0. The Kier molecular flexibility index (Phi) is 3.21. The minimum Gasteiger partial charge on any atom is -0.380 e. The van der Waals surface area contributed by atoms with Gasteiger partial charge in [0.25, 0.3) is 0 Å². The highest BCUT2D eigenvalue weighted by atomic mass is 79.9. The summed E-state index contributed by atoms with van der Waals surface area (Å²) < 4.78 is 13.7. The van der Waals surface area contributed by atoms with Crippen LogP contribution in [0.4, 0.5) is 10.1 Å². The molecule has 96 valence electrons. The molecule has 2 aromatic heterocycles. The monoisotopic (exact) mass is 319 g/mol. The molecule has 0 amide bonds. The summed E-state index contributed by atoms with van der Waals surface area (Å²) in [6, 6.07) is 8.53. The molecule has 0 aliphatic heterocycles. The zero-order valence-corrected chi connectivity index (χ0v) is 11.5. The lowest BCUT2D eigenvalue weighted by Crippen LogP contribution is -1.99. The Morgan fingerprint density at radius 3 is 3.05 bits per heavy atom. The van der Waals surface area contributed by atoms with Crippen LogP contribution in [-0.2, 0) is 6.54 Å². The van der Waals surface area contributed by atoms with Crippen molar-refractivity contribution >= 4 is 32.7 Å². The van der Waals surface area contributed by atoms with Gasteiger partial charge in [0.1, 0.15) is 11.5 Å². The van der Waals surface area contributed by atoms with E-state index >= 15 is 0 Å². The number of fused-ring (bicyclic) bond motifs is 1. The zero-order chi connectivity index (χ0) is 13.2. The van der Waals surface area contributed by atoms with Crippen LogP contribution in [0.2, 0.25) is 0 Å². The van der Waals surface area contributed by atoms with Crippen molar-refractivity contribution in [2.45, 2.75) is 6.54 Å². The van der Waals surface area contributed by atoms with Crippen molar-refractivity contribution in [2.75, 3.05) is 5.32 Å². The van der Waals surface area contributed by atoms with Crippen molar-refractivity contribution < 1.29 is 4.39 Å². The Bertz CT molecular complexity index is 724. The third-order valence-electron chi connectivity index (χ3n) is 2.94. The number of benzene rings is 1. The van der Waals surface area contributed by atoms with E-state index in [1.165, 1.54) is 12.1 Å². The number of rotatable bonds is 3. The lowest BCUT2D eigenvalue weighted by molar-refractivity contribution is 0.627. The molecule has 2 N–H and O–H groups in total. The highest BCUT2D eigenvalue weighted by Crippen LogP contribution is 2.24. The number of aromatic amines is 1. The lowest BCUT2D eigenvalue weighted by Gasteiger charge is -2.07. The maximum absolute atomic E-state index is 13.0. The van der Waals surface area contributed by atoms with Gasteiger partial charge >= 0.3 is 0 Å². The number of nitrogens with zero attached hydrogens (tertiary/aromatic N) is 1. The second-order valence-electron chi connectivity index (χ2n) is 4.19. The summed E-state index contributed by atoms with van der Waals surface area (Å²) in [4.78, 5) is 7.37. The number of H-pyrrole nitrogens is 1. The fourth-order valence-electron chi connectivity index (χ4n) is 1.98. The topological polar surface area (TPSA) is 40.7 Å². The van der Waals surface area contributed by atoms with Crippen LogP contribution in [0.5, 0.6) is 0 Å². The van der Waals surface area contributed by atoms with E-state index in [2.05, 4.69) is 31.2 Å². The van der Waals surface area contributed by atoms with Gasteiger partial charge in [0.15, 0.2) is 0 Å². The molecule has 0 fully saturated rings. The number of halogens is 2. The third-order valence-corrected chi connectivity index (χ3v) is 3.59. The summed E-state index contributed by atoms with van der Waals surface area (Å²) in [6.07, 6.45) is 3.69. The molecule has 3 aromatic rings. The molecule has 0 unspecified atom stereocenters. The Balaban J connectivity index is 1.82. The average molecular weight is 320 g/mol. The largest absolute Gasteiger partial charge is 0.380 e. The molecule has 2 heterocycles. The van der Waals surface area contributed by atoms with Gasteiger partial charge in [-0.25, -0.2) is 9.37 Å². The second kappa shape index (κ2) is 5.01. The molecular formula is C14H11BrFN3. The molecule has 0 aliphatic rings. The molecule has 0 spiro atoms. The van der Waals surface area contributed by atoms with Gasteiger partial charge in [0.05, 0.1) is 0 Å². The Labute approximate surface area is 118 Å². The van der Waals surface area contributed by atoms with Gasteiger partial charge in [-0.15, -0.1) is 0 Å². The molecule has 0 radical (unpaired) electrons. The third kappa shape index (κ3) is 2.46. The van der Waals surface area contributed by atoms with Crippen molar-refractivity contribution in [3.63, 3.8) is 0 Å². The van der Waals surface area contributed by atoms with Crippen molar-refractivity contribution in [1.82, 2.24) is 9.97 Å². The first-order valence-electron chi connectivity index (χ1n) is 5.84. The average Bonchev–Trinajstić information content (AvgIpc) is 2.81. The van der Waals surface area contributed by atoms with Crippen molar-refractivity contribution in [3.8, 4) is 0 Å². The summed E-state index contributed by atoms with van der Waals surface area (Å²) >= 11 is 3.34. The van der Waals surface area contributed by atoms with Crippen LogP contribution < -0.4 is 5.32 Å². The van der Waals surface area contributed by atoms with Crippen LogP contribution in [0, 0.1) is 5.82 Å². The maximum Gasteiger partial charge on any atom is 0.137 e. The SMILES string of the molecule is Fc1ccc(NCc2c[nH]c3ncccc23)c(Br)c1. The van der Waals surface area contributed by atoms with E-state index in [1.807, 2.05) is 18.3 Å². The molecule has 0 saturated heterocycles. The van der Waals surface area contributed by atoms with Crippen molar-refractivity contribution in [2.24, 2.45) is 0 Å². The quantitative estimate of drug-likeness (QED) is 0.763. The Morgan fingerprint density at radius 2 is 2.21 bits per heavy atom. The van der Waals surface area contributed by atoms with E-state index in [0.717, 1.165) is 22.3 Å². The summed E-state index contributed by atoms with van der Waals surface area (Å²) in [5, 5.41) is 4.36. The van der Waals surface area contributed by atoms with E-state index in [-0.39, 0.29) is 5.82 Å². The smallest absolute Gasteiger partial charge is 0.137 e. The van der Waals surface area contributed by atoms with Crippen LogP contribution in [-0.4, -0.2) is 9.97 Å². The van der Waals surface area contributed by atoms with Crippen LogP contribution in [0.15, 0.2) is 47.2 Å². The first kappa shape index (κ1) is 12.2. The van der Waals surface area contributed by atoms with E-state index < -0.39 is 0 Å². The van der Waals surface area contributed by atoms with Gasteiger partial charge in [-0.1, -0.05) is 0 Å². The molecule has 0 aliphatic carbocycles. The molecule has 0 bridgehead atoms. The molecular weight excluding hydrogens is 309 g/mol. The fraction of sp³-hybridized carbons (Fsp3) is 0.0714. The molecule has 0 saturated carbocycles. The Hall–Kier alpha value is -1.88. The molecule has 5 heteroatoms. The number of pyridine rings is 1. The van der Waals surface area contributed by atoms with Gasteiger partial charge < -0.3 is 10.3 Å². The van der Waals surface area contributed by atoms with Crippen LogP contribution in [0.25, 0.3) is 11.0 Å². The summed E-state index contributed by atoms with van der Waals surface area (Å²) in [6.45, 7) is 0.649. The molecule has 19 heavy (non-hydrogen) atoms. The zero-order valence-electron chi connectivity index (χ0n) is 9.95. The molecule has 0 atom stereocenters. The highest BCUT2D eigenvalue weighted by Gasteiger charge is 2.05. The van der Waals surface area contributed by atoms with E-state index in [1.54, 1.807) is 12.3 Å². The van der Waals surface area contributed by atoms with E-state index in [9.17, 15) is 4.39 Å². The van der Waals surface area contributed by atoms with Gasteiger partial charge in [-0.2, -0.15) is 0 Å². The van der Waals surface area contributed by atoms with Crippen LogP contribution in [0.1, 0.15) is 5.56 Å². The summed E-state index contributed by atoms with van der Waals surface area (Å²) in [5.74, 6) is -0.256. The van der Waals surface area contributed by atoms with Crippen molar-refractivity contribution in [3.05, 3.63) is 58.6 Å². The minimum absolute atomic E-state index is 0.256. The molecule has 1 aromatic carbocycles. The first-order valence-corrected chi connectivity index (χ1v) is 6.63. The van der Waals surface area contributed by atoms with Crippen molar-refractivity contribution in [1.29, 1.82) is 0 Å². The summed E-state index contributed by atoms with van der Waals surface area (Å²) in [5.41, 5.74) is 2.86. The first-order chi connectivity index (χ1) is 9.24.